The van der Waals surface area contributed by atoms with Crippen molar-refractivity contribution in [3.05, 3.63) is 35.7 Å². The largest absolute Gasteiger partial charge is 0.382 e. The van der Waals surface area contributed by atoms with Crippen LogP contribution in [0.15, 0.2) is 35.7 Å². The average Bonchev–Trinajstić information content (AvgIpc) is 2.63. The van der Waals surface area contributed by atoms with Crippen LogP contribution in [0.3, 0.4) is 0 Å². The van der Waals surface area contributed by atoms with Crippen LogP contribution in [-0.2, 0) is 0 Å². The molecule has 0 saturated heterocycles. The van der Waals surface area contributed by atoms with Crippen LogP contribution in [-0.4, -0.2) is 17.1 Å². The fourth-order valence-corrected chi connectivity index (χ4v) is 3.82. The summed E-state index contributed by atoms with van der Waals surface area (Å²) in [5, 5.41) is 5.38. The highest BCUT2D eigenvalue weighted by molar-refractivity contribution is 5.42. The lowest BCUT2D eigenvalue weighted by atomic mass is 9.94. The zero-order valence-corrected chi connectivity index (χ0v) is 15.2. The first-order valence-corrected chi connectivity index (χ1v) is 9.50. The summed E-state index contributed by atoms with van der Waals surface area (Å²) in [6.07, 6.45) is 22.3. The van der Waals surface area contributed by atoms with Crippen LogP contribution < -0.4 is 11.2 Å². The summed E-state index contributed by atoms with van der Waals surface area (Å²) in [4.78, 5) is 0. The van der Waals surface area contributed by atoms with Gasteiger partial charge in [0, 0.05) is 17.8 Å². The third kappa shape index (κ3) is 5.18. The maximum Gasteiger partial charge on any atom is 0.103 e. The van der Waals surface area contributed by atoms with Gasteiger partial charge in [-0.2, -0.15) is 0 Å². The Balaban J connectivity index is 2.02. The van der Waals surface area contributed by atoms with Crippen LogP contribution in [0.5, 0.6) is 0 Å². The van der Waals surface area contributed by atoms with Gasteiger partial charge in [-0.3, -0.25) is 0 Å². The summed E-state index contributed by atoms with van der Waals surface area (Å²) < 4.78 is 0. The average molecular weight is 328 g/mol. The molecular formula is C21H33N3. The molecule has 0 atom stereocenters. The molecule has 2 saturated carbocycles. The van der Waals surface area contributed by atoms with Crippen molar-refractivity contribution >= 4 is 0 Å². The number of nitrogens with zero attached hydrogens (tertiary/aromatic N) is 1. The standard InChI is InChI=1S/C21H33N3/c1-4-18(17(3)23-19-12-8-6-9-13-19)16-20(5-2)24(22)21-14-10-7-11-15-21/h2,4,16,19,21,23H,3,6-15,22H2,1H3/b18-4+,20-16+. The molecule has 2 fully saturated rings. The maximum absolute atomic E-state index is 6.34. The van der Waals surface area contributed by atoms with Crippen molar-refractivity contribution in [3.8, 4) is 12.3 Å². The number of nitrogens with one attached hydrogen (secondary N) is 1. The van der Waals surface area contributed by atoms with Crippen LogP contribution in [0.25, 0.3) is 0 Å². The van der Waals surface area contributed by atoms with Gasteiger partial charge in [0.05, 0.1) is 0 Å². The van der Waals surface area contributed by atoms with E-state index in [1.165, 1.54) is 51.4 Å². The van der Waals surface area contributed by atoms with Gasteiger partial charge in [0.2, 0.25) is 0 Å². The summed E-state index contributed by atoms with van der Waals surface area (Å²) in [7, 11) is 0. The Hall–Kier alpha value is -1.66. The lowest BCUT2D eigenvalue weighted by molar-refractivity contribution is 0.211. The number of rotatable bonds is 6. The molecule has 2 rings (SSSR count). The van der Waals surface area contributed by atoms with E-state index in [0.29, 0.717) is 12.1 Å². The Kier molecular flexibility index (Phi) is 7.46. The molecule has 0 aliphatic heterocycles. The van der Waals surface area contributed by atoms with E-state index in [1.807, 2.05) is 13.0 Å². The molecule has 3 nitrogen and oxygen atoms in total. The van der Waals surface area contributed by atoms with Gasteiger partial charge in [0.25, 0.3) is 0 Å². The Morgan fingerprint density at radius 1 is 1.12 bits per heavy atom. The van der Waals surface area contributed by atoms with E-state index < -0.39 is 0 Å². The fraction of sp³-hybridized carbons (Fsp3) is 0.619. The van der Waals surface area contributed by atoms with Crippen molar-refractivity contribution in [1.82, 2.24) is 10.3 Å². The zero-order chi connectivity index (χ0) is 17.4. The van der Waals surface area contributed by atoms with Gasteiger partial charge in [-0.05, 0) is 44.3 Å². The highest BCUT2D eigenvalue weighted by Crippen LogP contribution is 2.24. The summed E-state index contributed by atoms with van der Waals surface area (Å²) >= 11 is 0. The molecule has 0 radical (unpaired) electrons. The normalized spacial score (nSPS) is 21.2. The summed E-state index contributed by atoms with van der Waals surface area (Å²) in [5.74, 6) is 9.11. The predicted octanol–water partition coefficient (Wildman–Crippen LogP) is 4.39. The van der Waals surface area contributed by atoms with Crippen molar-refractivity contribution in [2.75, 3.05) is 0 Å². The molecule has 132 valence electrons. The van der Waals surface area contributed by atoms with Gasteiger partial charge in [-0.1, -0.05) is 57.1 Å². The minimum atomic E-state index is 0.360. The number of hydrazine groups is 1. The molecule has 3 heteroatoms. The number of hydrogen-bond acceptors (Lipinski definition) is 3. The second-order valence-corrected chi connectivity index (χ2v) is 7.07. The first-order valence-electron chi connectivity index (χ1n) is 9.50. The van der Waals surface area contributed by atoms with Crippen LogP contribution in [0.4, 0.5) is 0 Å². The molecule has 0 aromatic rings. The molecule has 0 spiro atoms. The van der Waals surface area contributed by atoms with Crippen molar-refractivity contribution < 1.29 is 0 Å². The lowest BCUT2D eigenvalue weighted by Crippen LogP contribution is -2.41. The molecule has 0 unspecified atom stereocenters. The van der Waals surface area contributed by atoms with Crippen LogP contribution in [0.2, 0.25) is 0 Å². The molecule has 24 heavy (non-hydrogen) atoms. The first kappa shape index (κ1) is 18.7. The molecular weight excluding hydrogens is 294 g/mol. The van der Waals surface area contributed by atoms with Gasteiger partial charge in [-0.25, -0.2) is 5.84 Å². The first-order chi connectivity index (χ1) is 11.7. The maximum atomic E-state index is 6.34. The molecule has 2 aliphatic carbocycles. The Labute approximate surface area is 148 Å². The smallest absolute Gasteiger partial charge is 0.103 e. The minimum absolute atomic E-state index is 0.360. The molecule has 0 amide bonds. The van der Waals surface area contributed by atoms with Crippen LogP contribution in [0.1, 0.15) is 71.1 Å². The molecule has 0 aromatic carbocycles. The fourth-order valence-electron chi connectivity index (χ4n) is 3.82. The van der Waals surface area contributed by atoms with E-state index in [2.05, 4.69) is 23.9 Å². The van der Waals surface area contributed by atoms with Gasteiger partial charge in [-0.15, -0.1) is 6.42 Å². The monoisotopic (exact) mass is 327 g/mol. The van der Waals surface area contributed by atoms with E-state index >= 15 is 0 Å². The lowest BCUT2D eigenvalue weighted by Gasteiger charge is -2.32. The second kappa shape index (κ2) is 9.59. The van der Waals surface area contributed by atoms with E-state index in [4.69, 9.17) is 12.3 Å². The quantitative estimate of drug-likeness (QED) is 0.329. The highest BCUT2D eigenvalue weighted by Gasteiger charge is 2.20. The summed E-state index contributed by atoms with van der Waals surface area (Å²) in [5.41, 5.74) is 2.75. The minimum Gasteiger partial charge on any atom is -0.382 e. The van der Waals surface area contributed by atoms with E-state index in [-0.39, 0.29) is 0 Å². The van der Waals surface area contributed by atoms with Gasteiger partial charge in [0.15, 0.2) is 0 Å². The summed E-state index contributed by atoms with van der Waals surface area (Å²) in [6, 6.07) is 0.898. The van der Waals surface area contributed by atoms with Crippen molar-refractivity contribution in [2.24, 2.45) is 5.84 Å². The number of allylic oxidation sites excluding steroid dienone is 3. The van der Waals surface area contributed by atoms with Crippen LogP contribution >= 0.6 is 0 Å². The Bertz CT molecular complexity index is 512. The Morgan fingerprint density at radius 2 is 1.71 bits per heavy atom. The topological polar surface area (TPSA) is 41.3 Å². The third-order valence-corrected chi connectivity index (χ3v) is 5.33. The van der Waals surface area contributed by atoms with Crippen molar-refractivity contribution in [2.45, 2.75) is 83.2 Å². The number of hydrogen-bond donors (Lipinski definition) is 2. The molecule has 3 N–H and O–H groups in total. The zero-order valence-electron chi connectivity index (χ0n) is 15.2. The number of terminal acetylenes is 1. The molecule has 2 aliphatic rings. The second-order valence-electron chi connectivity index (χ2n) is 7.07. The van der Waals surface area contributed by atoms with Gasteiger partial charge in [0.1, 0.15) is 5.70 Å². The highest BCUT2D eigenvalue weighted by atomic mass is 15.4. The molecule has 0 aromatic heterocycles. The van der Waals surface area contributed by atoms with Crippen LogP contribution in [0, 0.1) is 12.3 Å². The van der Waals surface area contributed by atoms with E-state index in [1.54, 1.807) is 5.01 Å². The van der Waals surface area contributed by atoms with Gasteiger partial charge >= 0.3 is 0 Å². The van der Waals surface area contributed by atoms with Gasteiger partial charge < -0.3 is 10.3 Å². The summed E-state index contributed by atoms with van der Waals surface area (Å²) in [6.45, 7) is 6.25. The van der Waals surface area contributed by atoms with Crippen molar-refractivity contribution in [1.29, 1.82) is 0 Å². The molecule has 0 bridgehead atoms. The van der Waals surface area contributed by atoms with E-state index in [0.717, 1.165) is 29.8 Å². The van der Waals surface area contributed by atoms with E-state index in [9.17, 15) is 0 Å². The molecule has 0 heterocycles. The third-order valence-electron chi connectivity index (χ3n) is 5.33. The SMILES string of the molecule is C#C/C(=C\C(=C/C)C(=C)NC1CCCCC1)N(N)C1CCCCC1. The predicted molar refractivity (Wildman–Crippen MR) is 103 cm³/mol. The Morgan fingerprint density at radius 3 is 2.25 bits per heavy atom. The van der Waals surface area contributed by atoms with Crippen molar-refractivity contribution in [3.63, 3.8) is 0 Å². The number of nitrogens with two attached hydrogens (primary N) is 1.